The first-order valence-electron chi connectivity index (χ1n) is 10.5. The lowest BCUT2D eigenvalue weighted by molar-refractivity contribution is -0.0861. The lowest BCUT2D eigenvalue weighted by atomic mass is 9.80. The Morgan fingerprint density at radius 1 is 1.11 bits per heavy atom. The minimum Gasteiger partial charge on any atom is -0.444 e. The number of unbranched alkanes of at least 4 members (excludes halogenated alkanes) is 1. The zero-order valence-electron chi connectivity index (χ0n) is 17.6. The van der Waals surface area contributed by atoms with Crippen LogP contribution in [0.2, 0.25) is 0 Å². The van der Waals surface area contributed by atoms with Gasteiger partial charge in [-0.05, 0) is 52.0 Å². The molecular weight excluding hydrogens is 354 g/mol. The van der Waals surface area contributed by atoms with Gasteiger partial charge < -0.3 is 9.47 Å². The molecule has 28 heavy (non-hydrogen) atoms. The van der Waals surface area contributed by atoms with E-state index in [9.17, 15) is 9.59 Å². The van der Waals surface area contributed by atoms with Crippen LogP contribution >= 0.6 is 0 Å². The Bertz CT molecular complexity index is 678. The van der Waals surface area contributed by atoms with E-state index in [0.29, 0.717) is 26.1 Å². The predicted octanol–water partition coefficient (Wildman–Crippen LogP) is 4.63. The molecule has 5 nitrogen and oxygen atoms in total. The van der Waals surface area contributed by atoms with Crippen LogP contribution in [0, 0.1) is 5.92 Å². The molecule has 0 saturated carbocycles. The summed E-state index contributed by atoms with van der Waals surface area (Å²) in [6.07, 6.45) is 4.36. The molecule has 0 N–H and O–H groups in total. The van der Waals surface area contributed by atoms with E-state index < -0.39 is 5.60 Å². The summed E-state index contributed by atoms with van der Waals surface area (Å²) < 4.78 is 11.3. The summed E-state index contributed by atoms with van der Waals surface area (Å²) in [6.45, 7) is 8.74. The smallest absolute Gasteiger partial charge is 0.410 e. The third-order valence-electron chi connectivity index (χ3n) is 5.55. The van der Waals surface area contributed by atoms with Crippen LogP contribution in [-0.4, -0.2) is 47.7 Å². The molecule has 2 atom stereocenters. The number of fused-ring (bicyclic) bond motifs is 2. The molecule has 1 amide bonds. The van der Waals surface area contributed by atoms with Crippen molar-refractivity contribution in [3.8, 4) is 0 Å². The number of Topliss-reactive ketones (excluding diaryl/α,β-unsaturated/α-hetero) is 1. The highest BCUT2D eigenvalue weighted by molar-refractivity contribution is 5.98. The van der Waals surface area contributed by atoms with Crippen LogP contribution in [0.4, 0.5) is 4.79 Å². The van der Waals surface area contributed by atoms with Crippen molar-refractivity contribution in [2.45, 2.75) is 77.5 Å². The van der Waals surface area contributed by atoms with Gasteiger partial charge in [0, 0.05) is 11.5 Å². The fraction of sp³-hybridized carbons (Fsp3) is 0.652. The third-order valence-corrected chi connectivity index (χ3v) is 5.55. The third kappa shape index (κ3) is 4.93. The van der Waals surface area contributed by atoms with Gasteiger partial charge in [0.15, 0.2) is 5.78 Å². The number of hydrogen-bond donors (Lipinski definition) is 0. The van der Waals surface area contributed by atoms with Crippen molar-refractivity contribution in [2.75, 3.05) is 13.2 Å². The molecule has 2 heterocycles. The highest BCUT2D eigenvalue weighted by Gasteiger charge is 2.45. The van der Waals surface area contributed by atoms with Crippen molar-refractivity contribution in [1.82, 2.24) is 4.90 Å². The van der Waals surface area contributed by atoms with E-state index in [4.69, 9.17) is 9.47 Å². The summed E-state index contributed by atoms with van der Waals surface area (Å²) in [4.78, 5) is 27.6. The molecule has 0 radical (unpaired) electrons. The van der Waals surface area contributed by atoms with E-state index in [0.717, 1.165) is 12.0 Å². The van der Waals surface area contributed by atoms with Crippen molar-refractivity contribution in [1.29, 1.82) is 0 Å². The minimum atomic E-state index is -0.529. The standard InChI is InChI=1S/C23H33NO4/c1-5-6-7-16-8-10-17(11-9-16)21(25)18-12-19-14-27-15-20(13-18)24(19)22(26)28-23(2,3)4/h8-11,18-20H,5-7,12-15H2,1-4H3. The van der Waals surface area contributed by atoms with Crippen molar-refractivity contribution in [3.05, 3.63) is 35.4 Å². The number of ketones is 1. The number of amides is 1. The van der Waals surface area contributed by atoms with Crippen LogP contribution in [0.3, 0.4) is 0 Å². The first kappa shape index (κ1) is 20.8. The Balaban J connectivity index is 1.67. The molecular formula is C23H33NO4. The highest BCUT2D eigenvalue weighted by Crippen LogP contribution is 2.34. The molecule has 3 rings (SSSR count). The van der Waals surface area contributed by atoms with E-state index in [1.54, 1.807) is 0 Å². The predicted molar refractivity (Wildman–Crippen MR) is 109 cm³/mol. The van der Waals surface area contributed by atoms with Crippen LogP contribution < -0.4 is 0 Å². The fourth-order valence-corrected chi connectivity index (χ4v) is 4.19. The van der Waals surface area contributed by atoms with Crippen molar-refractivity contribution >= 4 is 11.9 Å². The van der Waals surface area contributed by atoms with Crippen molar-refractivity contribution < 1.29 is 19.1 Å². The number of rotatable bonds is 5. The van der Waals surface area contributed by atoms with Gasteiger partial charge in [-0.15, -0.1) is 0 Å². The number of ether oxygens (including phenoxy) is 2. The summed E-state index contributed by atoms with van der Waals surface area (Å²) in [5.74, 6) is 0.113. The van der Waals surface area contributed by atoms with Gasteiger partial charge in [0.25, 0.3) is 0 Å². The number of carbonyl (C=O) groups excluding carboxylic acids is 2. The molecule has 2 unspecified atom stereocenters. The maximum atomic E-state index is 13.1. The average Bonchev–Trinajstić information content (AvgIpc) is 2.63. The van der Waals surface area contributed by atoms with E-state index in [1.807, 2.05) is 37.8 Å². The summed E-state index contributed by atoms with van der Waals surface area (Å²) >= 11 is 0. The van der Waals surface area contributed by atoms with Crippen LogP contribution in [-0.2, 0) is 15.9 Å². The van der Waals surface area contributed by atoms with Crippen molar-refractivity contribution in [3.63, 3.8) is 0 Å². The molecule has 2 aliphatic heterocycles. The number of hydrogen-bond acceptors (Lipinski definition) is 4. The zero-order valence-corrected chi connectivity index (χ0v) is 17.6. The van der Waals surface area contributed by atoms with Gasteiger partial charge in [-0.3, -0.25) is 9.69 Å². The molecule has 2 saturated heterocycles. The number of aryl methyl sites for hydroxylation is 1. The molecule has 1 aromatic rings. The second-order valence-corrected chi connectivity index (χ2v) is 9.07. The van der Waals surface area contributed by atoms with E-state index in [-0.39, 0.29) is 29.9 Å². The average molecular weight is 388 g/mol. The largest absolute Gasteiger partial charge is 0.444 e. The number of carbonyl (C=O) groups is 2. The maximum absolute atomic E-state index is 13.1. The second-order valence-electron chi connectivity index (χ2n) is 9.07. The Morgan fingerprint density at radius 3 is 2.25 bits per heavy atom. The number of benzene rings is 1. The molecule has 2 aliphatic rings. The summed E-state index contributed by atoms with van der Waals surface area (Å²) in [6, 6.07) is 7.87. The number of piperidine rings is 1. The summed E-state index contributed by atoms with van der Waals surface area (Å²) in [5.41, 5.74) is 1.52. The van der Waals surface area contributed by atoms with E-state index >= 15 is 0 Å². The normalized spacial score (nSPS) is 24.7. The van der Waals surface area contributed by atoms with Crippen LogP contribution in [0.1, 0.15) is 69.3 Å². The Kier molecular flexibility index (Phi) is 6.43. The van der Waals surface area contributed by atoms with Gasteiger partial charge in [0.1, 0.15) is 5.60 Å². The molecule has 154 valence electrons. The zero-order chi connectivity index (χ0) is 20.3. The molecule has 0 spiro atoms. The lowest BCUT2D eigenvalue weighted by Gasteiger charge is -2.47. The van der Waals surface area contributed by atoms with Crippen LogP contribution in [0.5, 0.6) is 0 Å². The fourth-order valence-electron chi connectivity index (χ4n) is 4.19. The maximum Gasteiger partial charge on any atom is 0.410 e. The second kappa shape index (κ2) is 8.64. The molecule has 2 bridgehead atoms. The van der Waals surface area contributed by atoms with Gasteiger partial charge in [0.2, 0.25) is 0 Å². The molecule has 2 fully saturated rings. The Hall–Kier alpha value is -1.88. The molecule has 5 heteroatoms. The summed E-state index contributed by atoms with van der Waals surface area (Å²) in [7, 11) is 0. The van der Waals surface area contributed by atoms with Gasteiger partial charge in [0.05, 0.1) is 25.3 Å². The minimum absolute atomic E-state index is 0.0703. The SMILES string of the molecule is CCCCc1ccc(C(=O)C2CC3COCC(C2)N3C(=O)OC(C)(C)C)cc1. The van der Waals surface area contributed by atoms with Gasteiger partial charge in [-0.2, -0.15) is 0 Å². The number of morpholine rings is 1. The monoisotopic (exact) mass is 387 g/mol. The first-order valence-corrected chi connectivity index (χ1v) is 10.5. The highest BCUT2D eigenvalue weighted by atomic mass is 16.6. The molecule has 0 aliphatic carbocycles. The van der Waals surface area contributed by atoms with Gasteiger partial charge in [-0.1, -0.05) is 37.6 Å². The van der Waals surface area contributed by atoms with Gasteiger partial charge >= 0.3 is 6.09 Å². The van der Waals surface area contributed by atoms with Gasteiger partial charge in [-0.25, -0.2) is 4.79 Å². The Labute approximate surface area is 168 Å². The summed E-state index contributed by atoms with van der Waals surface area (Å²) in [5, 5.41) is 0. The molecule has 1 aromatic carbocycles. The lowest BCUT2D eigenvalue weighted by Crippen LogP contribution is -2.60. The van der Waals surface area contributed by atoms with E-state index in [1.165, 1.54) is 18.4 Å². The Morgan fingerprint density at radius 2 is 1.71 bits per heavy atom. The van der Waals surface area contributed by atoms with Crippen LogP contribution in [0.25, 0.3) is 0 Å². The quantitative estimate of drug-likeness (QED) is 0.692. The van der Waals surface area contributed by atoms with Crippen LogP contribution in [0.15, 0.2) is 24.3 Å². The van der Waals surface area contributed by atoms with E-state index in [2.05, 4.69) is 19.1 Å². The van der Waals surface area contributed by atoms with Crippen molar-refractivity contribution in [2.24, 2.45) is 5.92 Å². The first-order chi connectivity index (χ1) is 13.3. The topological polar surface area (TPSA) is 55.8 Å². The molecule has 0 aromatic heterocycles. The number of nitrogens with zero attached hydrogens (tertiary/aromatic N) is 1.